The lowest BCUT2D eigenvalue weighted by atomic mass is 10.1. The van der Waals surface area contributed by atoms with Crippen molar-refractivity contribution in [3.05, 3.63) is 69.3 Å². The Labute approximate surface area is 120 Å². The molecule has 110 valence electrons. The zero-order valence-corrected chi connectivity index (χ0v) is 11.6. The third-order valence-corrected chi connectivity index (χ3v) is 3.22. The van der Waals surface area contributed by atoms with Gasteiger partial charge in [-0.3, -0.25) is 10.1 Å². The summed E-state index contributed by atoms with van der Waals surface area (Å²) in [5.74, 6) is -0.976. The van der Waals surface area contributed by atoms with E-state index < -0.39 is 10.7 Å². The molecular formula is C15H14F2N2O2. The number of anilines is 1. The minimum absolute atomic E-state index is 0.232. The van der Waals surface area contributed by atoms with Gasteiger partial charge in [0.05, 0.1) is 11.0 Å². The maximum absolute atomic E-state index is 13.5. The lowest BCUT2D eigenvalue weighted by Gasteiger charge is -2.16. The van der Waals surface area contributed by atoms with Gasteiger partial charge in [0, 0.05) is 6.04 Å². The van der Waals surface area contributed by atoms with E-state index >= 15 is 0 Å². The van der Waals surface area contributed by atoms with Crippen LogP contribution in [0, 0.1) is 28.7 Å². The topological polar surface area (TPSA) is 55.2 Å². The molecule has 0 spiro atoms. The van der Waals surface area contributed by atoms with Crippen LogP contribution in [0.1, 0.15) is 24.1 Å². The SMILES string of the molecule is Cc1cc(NC(C)c2ccc(F)cc2)c([N+](=O)[O-])cc1F. The normalized spacial score (nSPS) is 12.0. The van der Waals surface area contributed by atoms with Gasteiger partial charge in [0.25, 0.3) is 5.69 Å². The van der Waals surface area contributed by atoms with Crippen LogP contribution in [0.25, 0.3) is 0 Å². The van der Waals surface area contributed by atoms with E-state index in [0.29, 0.717) is 5.56 Å². The third kappa shape index (κ3) is 3.34. The second-order valence-electron chi connectivity index (χ2n) is 4.79. The molecule has 6 heteroatoms. The average molecular weight is 292 g/mol. The summed E-state index contributed by atoms with van der Waals surface area (Å²) in [7, 11) is 0. The van der Waals surface area contributed by atoms with Gasteiger partial charge in [0.15, 0.2) is 0 Å². The predicted molar refractivity (Wildman–Crippen MR) is 76.2 cm³/mol. The minimum Gasteiger partial charge on any atom is -0.373 e. The summed E-state index contributed by atoms with van der Waals surface area (Å²) in [6.07, 6.45) is 0. The average Bonchev–Trinajstić information content (AvgIpc) is 2.43. The Morgan fingerprint density at radius 1 is 1.19 bits per heavy atom. The van der Waals surface area contributed by atoms with Crippen LogP contribution < -0.4 is 5.32 Å². The van der Waals surface area contributed by atoms with E-state index in [9.17, 15) is 18.9 Å². The van der Waals surface area contributed by atoms with Gasteiger partial charge in [-0.1, -0.05) is 12.1 Å². The van der Waals surface area contributed by atoms with Crippen LogP contribution in [-0.4, -0.2) is 4.92 Å². The van der Waals surface area contributed by atoms with Gasteiger partial charge in [-0.25, -0.2) is 8.78 Å². The van der Waals surface area contributed by atoms with Crippen molar-refractivity contribution in [2.45, 2.75) is 19.9 Å². The van der Waals surface area contributed by atoms with Crippen LogP contribution in [0.3, 0.4) is 0 Å². The standard InChI is InChI=1S/C15H14F2N2O2/c1-9-7-14(15(19(20)21)8-13(9)17)18-10(2)11-3-5-12(16)6-4-11/h3-8,10,18H,1-2H3. The highest BCUT2D eigenvalue weighted by Gasteiger charge is 2.19. The van der Waals surface area contributed by atoms with Crippen molar-refractivity contribution in [2.75, 3.05) is 5.32 Å². The number of nitrogens with one attached hydrogen (secondary N) is 1. The fourth-order valence-corrected chi connectivity index (χ4v) is 2.01. The number of benzene rings is 2. The van der Waals surface area contributed by atoms with Crippen molar-refractivity contribution >= 4 is 11.4 Å². The lowest BCUT2D eigenvalue weighted by Crippen LogP contribution is -2.09. The predicted octanol–water partition coefficient (Wildman–Crippen LogP) is 4.35. The van der Waals surface area contributed by atoms with Crippen molar-refractivity contribution in [2.24, 2.45) is 0 Å². The molecule has 21 heavy (non-hydrogen) atoms. The molecule has 0 saturated heterocycles. The van der Waals surface area contributed by atoms with E-state index in [0.717, 1.165) is 11.6 Å². The molecule has 0 amide bonds. The number of nitro benzene ring substituents is 1. The highest BCUT2D eigenvalue weighted by Crippen LogP contribution is 2.30. The maximum Gasteiger partial charge on any atom is 0.295 e. The molecule has 0 radical (unpaired) electrons. The molecule has 1 atom stereocenters. The Kier molecular flexibility index (Phi) is 4.16. The van der Waals surface area contributed by atoms with Crippen LogP contribution in [0.2, 0.25) is 0 Å². The van der Waals surface area contributed by atoms with Crippen LogP contribution in [0.5, 0.6) is 0 Å². The molecule has 0 saturated carbocycles. The summed E-state index contributed by atoms with van der Waals surface area (Å²) in [4.78, 5) is 10.4. The number of aryl methyl sites for hydroxylation is 1. The summed E-state index contributed by atoms with van der Waals surface area (Å²) in [5.41, 5.74) is 0.991. The molecule has 2 rings (SSSR count). The number of hydrogen-bond acceptors (Lipinski definition) is 3. The van der Waals surface area contributed by atoms with Gasteiger partial charge in [-0.05, 0) is 43.2 Å². The van der Waals surface area contributed by atoms with Gasteiger partial charge in [-0.2, -0.15) is 0 Å². The molecule has 0 heterocycles. The molecule has 0 aromatic heterocycles. The number of rotatable bonds is 4. The minimum atomic E-state index is -0.637. The molecule has 0 aliphatic carbocycles. The van der Waals surface area contributed by atoms with E-state index in [-0.39, 0.29) is 23.2 Å². The molecule has 0 aliphatic heterocycles. The first kappa shape index (κ1) is 14.9. The van der Waals surface area contributed by atoms with E-state index in [1.165, 1.54) is 25.1 Å². The highest BCUT2D eigenvalue weighted by atomic mass is 19.1. The molecule has 1 N–H and O–H groups in total. The van der Waals surface area contributed by atoms with Gasteiger partial charge in [0.2, 0.25) is 0 Å². The molecule has 0 aliphatic rings. The summed E-state index contributed by atoms with van der Waals surface area (Å²) >= 11 is 0. The quantitative estimate of drug-likeness (QED) is 0.673. The van der Waals surface area contributed by atoms with Gasteiger partial charge >= 0.3 is 0 Å². The number of nitro groups is 1. The fraction of sp³-hybridized carbons (Fsp3) is 0.200. The van der Waals surface area contributed by atoms with Crippen molar-refractivity contribution in [1.82, 2.24) is 0 Å². The van der Waals surface area contributed by atoms with Crippen molar-refractivity contribution < 1.29 is 13.7 Å². The summed E-state index contributed by atoms with van der Waals surface area (Å²) in [6, 6.07) is 7.83. The summed E-state index contributed by atoms with van der Waals surface area (Å²) in [6.45, 7) is 3.32. The van der Waals surface area contributed by atoms with Gasteiger partial charge < -0.3 is 5.32 Å². The van der Waals surface area contributed by atoms with Gasteiger partial charge in [0.1, 0.15) is 17.3 Å². The smallest absolute Gasteiger partial charge is 0.295 e. The molecule has 2 aromatic rings. The maximum atomic E-state index is 13.5. The van der Waals surface area contributed by atoms with E-state index in [1.807, 2.05) is 0 Å². The molecule has 0 bridgehead atoms. The van der Waals surface area contributed by atoms with Crippen LogP contribution >= 0.6 is 0 Å². The van der Waals surface area contributed by atoms with Crippen LogP contribution in [0.15, 0.2) is 36.4 Å². The highest BCUT2D eigenvalue weighted by molar-refractivity contribution is 5.63. The van der Waals surface area contributed by atoms with E-state index in [1.54, 1.807) is 19.1 Å². The molecule has 2 aromatic carbocycles. The molecule has 1 unspecified atom stereocenters. The monoisotopic (exact) mass is 292 g/mol. The number of halogens is 2. The second kappa shape index (κ2) is 5.87. The zero-order valence-electron chi connectivity index (χ0n) is 11.6. The molecular weight excluding hydrogens is 278 g/mol. The van der Waals surface area contributed by atoms with Crippen molar-refractivity contribution in [1.29, 1.82) is 0 Å². The Balaban J connectivity index is 2.32. The molecule has 4 nitrogen and oxygen atoms in total. The fourth-order valence-electron chi connectivity index (χ4n) is 2.01. The van der Waals surface area contributed by atoms with Crippen LogP contribution in [0.4, 0.5) is 20.2 Å². The van der Waals surface area contributed by atoms with Crippen molar-refractivity contribution in [3.63, 3.8) is 0 Å². The first-order valence-corrected chi connectivity index (χ1v) is 6.35. The Morgan fingerprint density at radius 3 is 2.38 bits per heavy atom. The first-order chi connectivity index (χ1) is 9.88. The largest absolute Gasteiger partial charge is 0.373 e. The van der Waals surface area contributed by atoms with E-state index in [2.05, 4.69) is 5.32 Å². The number of hydrogen-bond donors (Lipinski definition) is 1. The number of nitrogens with zero attached hydrogens (tertiary/aromatic N) is 1. The Hall–Kier alpha value is -2.50. The lowest BCUT2D eigenvalue weighted by molar-refractivity contribution is -0.384. The Morgan fingerprint density at radius 2 is 1.81 bits per heavy atom. The third-order valence-electron chi connectivity index (χ3n) is 3.22. The summed E-state index contributed by atoms with van der Waals surface area (Å²) < 4.78 is 26.3. The molecule has 0 fully saturated rings. The Bertz CT molecular complexity index is 672. The van der Waals surface area contributed by atoms with E-state index in [4.69, 9.17) is 0 Å². The van der Waals surface area contributed by atoms with Crippen molar-refractivity contribution in [3.8, 4) is 0 Å². The summed E-state index contributed by atoms with van der Waals surface area (Å²) in [5, 5.41) is 14.0. The second-order valence-corrected chi connectivity index (χ2v) is 4.79. The first-order valence-electron chi connectivity index (χ1n) is 6.35. The zero-order chi connectivity index (χ0) is 15.6. The van der Waals surface area contributed by atoms with Crippen LogP contribution in [-0.2, 0) is 0 Å². The van der Waals surface area contributed by atoms with Gasteiger partial charge in [-0.15, -0.1) is 0 Å².